The van der Waals surface area contributed by atoms with E-state index in [1.54, 1.807) is 0 Å². The van der Waals surface area contributed by atoms with Gasteiger partial charge in [0, 0.05) is 11.8 Å². The molecule has 1 aliphatic carbocycles. The quantitative estimate of drug-likeness (QED) is 0.621. The highest BCUT2D eigenvalue weighted by molar-refractivity contribution is 5.98. The van der Waals surface area contributed by atoms with Crippen LogP contribution in [0.4, 0.5) is 23.2 Å². The van der Waals surface area contributed by atoms with Gasteiger partial charge in [0.05, 0.1) is 12.5 Å². The zero-order chi connectivity index (χ0) is 17.7. The molecule has 1 aromatic rings. The molecule has 1 aromatic carbocycles. The first kappa shape index (κ1) is 18.3. The lowest BCUT2D eigenvalue weighted by atomic mass is 9.82. The van der Waals surface area contributed by atoms with Crippen LogP contribution in [0.25, 0.3) is 0 Å². The average Bonchev–Trinajstić information content (AvgIpc) is 2.53. The minimum atomic E-state index is -4.14. The number of carbonyl (C=O) groups excluding carboxylic acids is 1. The van der Waals surface area contributed by atoms with Crippen LogP contribution in [0.3, 0.4) is 0 Å². The summed E-state index contributed by atoms with van der Waals surface area (Å²) < 4.78 is 57.1. The van der Waals surface area contributed by atoms with Crippen LogP contribution in [0, 0.1) is 17.7 Å². The van der Waals surface area contributed by atoms with Gasteiger partial charge in [0.15, 0.2) is 11.6 Å². The molecule has 0 aliphatic heterocycles. The maximum atomic E-state index is 13.9. The Hall–Kier alpha value is -2.05. The van der Waals surface area contributed by atoms with Gasteiger partial charge in [-0.1, -0.05) is 6.58 Å². The van der Waals surface area contributed by atoms with Crippen molar-refractivity contribution >= 4 is 11.6 Å². The van der Waals surface area contributed by atoms with E-state index in [0.717, 1.165) is 12.1 Å². The Labute approximate surface area is 137 Å². The molecule has 0 atom stereocenters. The molecule has 0 unspecified atom stereocenters. The lowest BCUT2D eigenvalue weighted by molar-refractivity contribution is -0.184. The van der Waals surface area contributed by atoms with Gasteiger partial charge in [-0.2, -0.15) is 13.2 Å². The first-order valence-corrected chi connectivity index (χ1v) is 7.72. The Kier molecular flexibility index (Phi) is 5.85. The molecule has 1 saturated carbocycles. The average molecular weight is 345 g/mol. The van der Waals surface area contributed by atoms with Crippen LogP contribution in [0.2, 0.25) is 0 Å². The number of hydrogen-bond donors (Lipinski definition) is 1. The van der Waals surface area contributed by atoms with Crippen molar-refractivity contribution in [1.82, 2.24) is 0 Å². The van der Waals surface area contributed by atoms with Gasteiger partial charge in [-0.15, -0.1) is 0 Å². The second kappa shape index (κ2) is 7.68. The second-order valence-corrected chi connectivity index (χ2v) is 5.91. The van der Waals surface area contributed by atoms with Crippen LogP contribution in [0.1, 0.15) is 25.7 Å². The molecule has 0 bridgehead atoms. The molecule has 0 spiro atoms. The van der Waals surface area contributed by atoms with Crippen molar-refractivity contribution in [3.8, 4) is 5.75 Å². The van der Waals surface area contributed by atoms with E-state index in [2.05, 4.69) is 11.9 Å². The number of carbonyl (C=O) groups is 1. The van der Waals surface area contributed by atoms with E-state index in [4.69, 9.17) is 4.74 Å². The summed E-state index contributed by atoms with van der Waals surface area (Å²) in [6.45, 7) is 3.48. The van der Waals surface area contributed by atoms with E-state index in [9.17, 15) is 22.4 Å². The monoisotopic (exact) mass is 345 g/mol. The molecule has 132 valence electrons. The Balaban J connectivity index is 1.85. The van der Waals surface area contributed by atoms with E-state index in [1.807, 2.05) is 0 Å². The maximum Gasteiger partial charge on any atom is 0.391 e. The number of hydrogen-bond acceptors (Lipinski definition) is 2. The van der Waals surface area contributed by atoms with Crippen LogP contribution in [-0.4, -0.2) is 18.7 Å². The van der Waals surface area contributed by atoms with Crippen LogP contribution < -0.4 is 10.1 Å². The van der Waals surface area contributed by atoms with E-state index >= 15 is 0 Å². The number of nitrogens with one attached hydrogen (secondary N) is 1. The van der Waals surface area contributed by atoms with Crippen LogP contribution in [-0.2, 0) is 4.79 Å². The van der Waals surface area contributed by atoms with Crippen molar-refractivity contribution in [1.29, 1.82) is 0 Å². The van der Waals surface area contributed by atoms with E-state index in [-0.39, 0.29) is 36.8 Å². The number of rotatable bonds is 5. The Morgan fingerprint density at radius 3 is 2.50 bits per heavy atom. The summed E-state index contributed by atoms with van der Waals surface area (Å²) in [5, 5.41) is 2.42. The highest BCUT2D eigenvalue weighted by Gasteiger charge is 2.41. The van der Waals surface area contributed by atoms with Gasteiger partial charge in [-0.25, -0.2) is 4.39 Å². The Morgan fingerprint density at radius 2 is 1.96 bits per heavy atom. The molecule has 0 heterocycles. The number of benzene rings is 1. The summed E-state index contributed by atoms with van der Waals surface area (Å²) in [5.74, 6) is -2.32. The third kappa shape index (κ3) is 4.97. The summed E-state index contributed by atoms with van der Waals surface area (Å²) >= 11 is 0. The van der Waals surface area contributed by atoms with Gasteiger partial charge in [-0.05, 0) is 49.8 Å². The molecule has 1 fully saturated rings. The Morgan fingerprint density at radius 1 is 1.29 bits per heavy atom. The summed E-state index contributed by atoms with van der Waals surface area (Å²) in [7, 11) is 0. The summed E-state index contributed by atoms with van der Waals surface area (Å²) in [4.78, 5) is 11.1. The third-order valence-electron chi connectivity index (χ3n) is 4.17. The summed E-state index contributed by atoms with van der Waals surface area (Å²) in [6, 6.07) is 3.99. The highest BCUT2D eigenvalue weighted by atomic mass is 19.4. The van der Waals surface area contributed by atoms with Gasteiger partial charge in [0.2, 0.25) is 5.91 Å². The standard InChI is InChI=1S/C17H19F4NO2/c1-2-16(23)22-13-7-8-15(14(18)9-13)24-10-11-3-5-12(6-4-11)17(19,20)21/h2,7-9,11-12H,1,3-6,10H2,(H,22,23). The van der Waals surface area contributed by atoms with Crippen molar-refractivity contribution in [2.24, 2.45) is 11.8 Å². The number of alkyl halides is 3. The third-order valence-corrected chi connectivity index (χ3v) is 4.17. The van der Waals surface area contributed by atoms with Crippen LogP contribution >= 0.6 is 0 Å². The summed E-state index contributed by atoms with van der Waals surface area (Å²) in [6.07, 6.45) is -2.05. The van der Waals surface area contributed by atoms with Gasteiger partial charge in [0.1, 0.15) is 0 Å². The van der Waals surface area contributed by atoms with Crippen molar-refractivity contribution < 1.29 is 27.1 Å². The smallest absolute Gasteiger partial charge is 0.391 e. The van der Waals surface area contributed by atoms with Crippen molar-refractivity contribution in [3.05, 3.63) is 36.7 Å². The Bertz CT molecular complexity index is 593. The molecule has 24 heavy (non-hydrogen) atoms. The van der Waals surface area contributed by atoms with Crippen LogP contribution in [0.5, 0.6) is 5.75 Å². The van der Waals surface area contributed by atoms with Gasteiger partial charge < -0.3 is 10.1 Å². The molecule has 1 N–H and O–H groups in total. The molecule has 1 aliphatic rings. The SMILES string of the molecule is C=CC(=O)Nc1ccc(OCC2CCC(C(F)(F)F)CC2)c(F)c1. The van der Waals surface area contributed by atoms with Crippen LogP contribution in [0.15, 0.2) is 30.9 Å². The van der Waals surface area contributed by atoms with E-state index in [1.165, 1.54) is 12.1 Å². The maximum absolute atomic E-state index is 13.9. The first-order valence-electron chi connectivity index (χ1n) is 7.72. The lowest BCUT2D eigenvalue weighted by Gasteiger charge is -2.29. The van der Waals surface area contributed by atoms with E-state index in [0.29, 0.717) is 12.8 Å². The molecule has 1 amide bonds. The fraction of sp³-hybridized carbons (Fsp3) is 0.471. The molecule has 3 nitrogen and oxygen atoms in total. The van der Waals surface area contributed by atoms with Crippen molar-refractivity contribution in [3.63, 3.8) is 0 Å². The zero-order valence-electron chi connectivity index (χ0n) is 13.0. The minimum absolute atomic E-state index is 0.0110. The fourth-order valence-electron chi connectivity index (χ4n) is 2.75. The molecule has 2 rings (SSSR count). The predicted molar refractivity (Wildman–Crippen MR) is 82.2 cm³/mol. The highest BCUT2D eigenvalue weighted by Crippen LogP contribution is 2.39. The van der Waals surface area contributed by atoms with Gasteiger partial charge in [-0.3, -0.25) is 4.79 Å². The van der Waals surface area contributed by atoms with Gasteiger partial charge in [0.25, 0.3) is 0 Å². The summed E-state index contributed by atoms with van der Waals surface area (Å²) in [5.41, 5.74) is 0.274. The number of amides is 1. The minimum Gasteiger partial charge on any atom is -0.490 e. The first-order chi connectivity index (χ1) is 11.3. The normalized spacial score (nSPS) is 21.2. The topological polar surface area (TPSA) is 38.3 Å². The number of ether oxygens (including phenoxy) is 1. The fourth-order valence-corrected chi connectivity index (χ4v) is 2.75. The van der Waals surface area contributed by atoms with Crippen molar-refractivity contribution in [2.45, 2.75) is 31.9 Å². The van der Waals surface area contributed by atoms with Gasteiger partial charge >= 0.3 is 6.18 Å². The molecule has 0 aromatic heterocycles. The molecule has 7 heteroatoms. The molecule has 0 radical (unpaired) electrons. The lowest BCUT2D eigenvalue weighted by Crippen LogP contribution is -2.29. The van der Waals surface area contributed by atoms with Crippen molar-refractivity contribution in [2.75, 3.05) is 11.9 Å². The zero-order valence-corrected chi connectivity index (χ0v) is 13.0. The molecular weight excluding hydrogens is 326 g/mol. The van der Waals surface area contributed by atoms with E-state index < -0.39 is 23.8 Å². The molecule has 0 saturated heterocycles. The predicted octanol–water partition coefficient (Wildman–Crippen LogP) is 4.70. The number of halogens is 4. The largest absolute Gasteiger partial charge is 0.490 e. The molecular formula is C17H19F4NO2. The second-order valence-electron chi connectivity index (χ2n) is 5.91. The number of anilines is 1.